The predicted molar refractivity (Wildman–Crippen MR) is 65.6 cm³/mol. The maximum Gasteiger partial charge on any atom is 0.411 e. The maximum atomic E-state index is 10.4. The van der Waals surface area contributed by atoms with Gasteiger partial charge in [-0.15, -0.1) is 0 Å². The highest BCUT2D eigenvalue weighted by Gasteiger charge is 2.07. The van der Waals surface area contributed by atoms with Crippen molar-refractivity contribution in [3.05, 3.63) is 18.0 Å². The van der Waals surface area contributed by atoms with Gasteiger partial charge >= 0.3 is 6.09 Å². The minimum Gasteiger partial charge on any atom is -0.465 e. The molecule has 0 unspecified atom stereocenters. The van der Waals surface area contributed by atoms with Crippen LogP contribution < -0.4 is 5.32 Å². The summed E-state index contributed by atoms with van der Waals surface area (Å²) >= 11 is 0. The van der Waals surface area contributed by atoms with Crippen LogP contribution in [-0.4, -0.2) is 33.9 Å². The number of carbonyl (C=O) groups is 1. The van der Waals surface area contributed by atoms with E-state index in [1.54, 1.807) is 12.3 Å². The lowest BCUT2D eigenvalue weighted by Crippen LogP contribution is -2.11. The molecule has 0 aliphatic carbocycles. The molecule has 6 nitrogen and oxygen atoms in total. The van der Waals surface area contributed by atoms with Crippen LogP contribution >= 0.6 is 0 Å². The molecule has 0 spiro atoms. The van der Waals surface area contributed by atoms with Crippen molar-refractivity contribution in [1.82, 2.24) is 9.97 Å². The third-order valence-corrected chi connectivity index (χ3v) is 1.69. The summed E-state index contributed by atoms with van der Waals surface area (Å²) in [4.78, 5) is 22.4. The Bertz CT molecular complexity index is 424. The Morgan fingerprint density at radius 3 is 2.88 bits per heavy atom. The molecule has 1 rings (SSSR count). The van der Waals surface area contributed by atoms with Gasteiger partial charge in [-0.1, -0.05) is 20.8 Å². The zero-order chi connectivity index (χ0) is 12.9. The maximum absolute atomic E-state index is 10.4. The first-order valence-electron chi connectivity index (χ1n) is 5.20. The van der Waals surface area contributed by atoms with Gasteiger partial charge in [-0.25, -0.2) is 14.8 Å². The molecule has 1 amide bonds. The molecule has 0 aromatic carbocycles. The summed E-state index contributed by atoms with van der Waals surface area (Å²) < 4.78 is 0. The van der Waals surface area contributed by atoms with E-state index in [1.165, 1.54) is 6.20 Å². The normalized spacial score (nSPS) is 11.7. The Morgan fingerprint density at radius 2 is 2.29 bits per heavy atom. The summed E-state index contributed by atoms with van der Waals surface area (Å²) in [5, 5.41) is 10.6. The molecule has 1 aromatic rings. The lowest BCUT2D eigenvalue weighted by Gasteiger charge is -2.13. The second-order valence-electron chi connectivity index (χ2n) is 4.77. The zero-order valence-corrected chi connectivity index (χ0v) is 10.1. The molecule has 0 fully saturated rings. The van der Waals surface area contributed by atoms with Crippen molar-refractivity contribution < 1.29 is 9.90 Å². The fourth-order valence-corrected chi connectivity index (χ4v) is 1.01. The lowest BCUT2D eigenvalue weighted by atomic mass is 9.97. The second-order valence-corrected chi connectivity index (χ2v) is 4.77. The molecule has 0 aliphatic heterocycles. The topological polar surface area (TPSA) is 87.5 Å². The summed E-state index contributed by atoms with van der Waals surface area (Å²) in [6, 6.07) is 1.67. The van der Waals surface area contributed by atoms with Gasteiger partial charge in [-0.2, -0.15) is 0 Å². The largest absolute Gasteiger partial charge is 0.465 e. The predicted octanol–water partition coefficient (Wildman–Crippen LogP) is 2.03. The van der Waals surface area contributed by atoms with E-state index in [-0.39, 0.29) is 11.4 Å². The second kappa shape index (κ2) is 5.38. The van der Waals surface area contributed by atoms with Gasteiger partial charge in [0.25, 0.3) is 0 Å². The van der Waals surface area contributed by atoms with Gasteiger partial charge in [0, 0.05) is 19.0 Å². The molecule has 2 N–H and O–H groups in total. The fourth-order valence-electron chi connectivity index (χ4n) is 1.01. The highest BCUT2D eigenvalue weighted by atomic mass is 16.4. The third-order valence-electron chi connectivity index (χ3n) is 1.69. The molecule has 0 aliphatic rings. The summed E-state index contributed by atoms with van der Waals surface area (Å²) in [5.74, 6) is 0.0530. The SMILES string of the molecule is CC(C)(C)CN=Cc1ccnc(NC(=O)O)n1. The average molecular weight is 236 g/mol. The Morgan fingerprint density at radius 1 is 1.59 bits per heavy atom. The molecule has 0 bridgehead atoms. The number of aliphatic imine (C=N–C) groups is 1. The van der Waals surface area contributed by atoms with Crippen LogP contribution in [0.1, 0.15) is 26.5 Å². The van der Waals surface area contributed by atoms with Crippen LogP contribution in [0.25, 0.3) is 0 Å². The average Bonchev–Trinajstić information content (AvgIpc) is 2.15. The minimum atomic E-state index is -1.19. The minimum absolute atomic E-state index is 0.0530. The van der Waals surface area contributed by atoms with Gasteiger partial charge in [-0.05, 0) is 11.5 Å². The lowest BCUT2D eigenvalue weighted by molar-refractivity contribution is 0.209. The van der Waals surface area contributed by atoms with Crippen LogP contribution in [-0.2, 0) is 0 Å². The van der Waals surface area contributed by atoms with Gasteiger partial charge in [0.05, 0.1) is 5.69 Å². The van der Waals surface area contributed by atoms with Crippen molar-refractivity contribution >= 4 is 18.3 Å². The number of hydrogen-bond acceptors (Lipinski definition) is 4. The number of anilines is 1. The molecule has 1 aromatic heterocycles. The number of nitrogens with zero attached hydrogens (tertiary/aromatic N) is 3. The number of rotatable bonds is 3. The van der Waals surface area contributed by atoms with Gasteiger partial charge in [-0.3, -0.25) is 10.3 Å². The van der Waals surface area contributed by atoms with Crippen molar-refractivity contribution in [3.8, 4) is 0 Å². The Hall–Kier alpha value is -1.98. The molecule has 17 heavy (non-hydrogen) atoms. The summed E-state index contributed by atoms with van der Waals surface area (Å²) in [6.07, 6.45) is 1.91. The number of carboxylic acid groups (broad SMARTS) is 1. The highest BCUT2D eigenvalue weighted by molar-refractivity contribution is 5.82. The summed E-state index contributed by atoms with van der Waals surface area (Å²) in [7, 11) is 0. The van der Waals surface area contributed by atoms with Crippen LogP contribution in [0.2, 0.25) is 0 Å². The molecule has 92 valence electrons. The molecule has 1 heterocycles. The van der Waals surface area contributed by atoms with E-state index in [4.69, 9.17) is 5.11 Å². The first-order valence-corrected chi connectivity index (χ1v) is 5.20. The van der Waals surface area contributed by atoms with Gasteiger partial charge in [0.15, 0.2) is 0 Å². The molecular weight excluding hydrogens is 220 g/mol. The van der Waals surface area contributed by atoms with Crippen molar-refractivity contribution in [1.29, 1.82) is 0 Å². The van der Waals surface area contributed by atoms with Crippen molar-refractivity contribution in [2.24, 2.45) is 10.4 Å². The van der Waals surface area contributed by atoms with E-state index >= 15 is 0 Å². The van der Waals surface area contributed by atoms with Crippen LogP contribution in [0.3, 0.4) is 0 Å². The molecule has 0 radical (unpaired) electrons. The zero-order valence-electron chi connectivity index (χ0n) is 10.1. The van der Waals surface area contributed by atoms with Crippen molar-refractivity contribution in [3.63, 3.8) is 0 Å². The van der Waals surface area contributed by atoms with Gasteiger partial charge < -0.3 is 5.11 Å². The first-order chi connectivity index (χ1) is 7.87. The standard InChI is InChI=1S/C11H16N4O2/c1-11(2,3)7-12-6-8-4-5-13-9(14-8)15-10(16)17/h4-6H,7H2,1-3H3,(H,16,17)(H,13,14,15). The smallest absolute Gasteiger partial charge is 0.411 e. The Kier molecular flexibility index (Phi) is 4.14. The molecule has 0 atom stereocenters. The van der Waals surface area contributed by atoms with Crippen LogP contribution in [0.5, 0.6) is 0 Å². The van der Waals surface area contributed by atoms with E-state index < -0.39 is 6.09 Å². The van der Waals surface area contributed by atoms with Crippen molar-refractivity contribution in [2.75, 3.05) is 11.9 Å². The number of aromatic nitrogens is 2. The van der Waals surface area contributed by atoms with Crippen LogP contribution in [0.15, 0.2) is 17.3 Å². The number of hydrogen-bond donors (Lipinski definition) is 2. The quantitative estimate of drug-likeness (QED) is 0.786. The molecule has 0 saturated carbocycles. The molecular formula is C11H16N4O2. The van der Waals surface area contributed by atoms with Gasteiger partial charge in [0.1, 0.15) is 0 Å². The van der Waals surface area contributed by atoms with E-state index in [9.17, 15) is 4.79 Å². The number of nitrogens with one attached hydrogen (secondary N) is 1. The fraction of sp³-hybridized carbons (Fsp3) is 0.455. The van der Waals surface area contributed by atoms with E-state index in [1.807, 2.05) is 0 Å². The Labute approximate surface area is 99.8 Å². The van der Waals surface area contributed by atoms with Crippen LogP contribution in [0, 0.1) is 5.41 Å². The van der Waals surface area contributed by atoms with Gasteiger partial charge in [0.2, 0.25) is 5.95 Å². The van der Waals surface area contributed by atoms with E-state index in [0.29, 0.717) is 12.2 Å². The molecule has 6 heteroatoms. The van der Waals surface area contributed by atoms with E-state index in [0.717, 1.165) is 0 Å². The van der Waals surface area contributed by atoms with E-state index in [2.05, 4.69) is 41.0 Å². The van der Waals surface area contributed by atoms with Crippen LogP contribution in [0.4, 0.5) is 10.7 Å². The number of amides is 1. The first kappa shape index (κ1) is 13.1. The summed E-state index contributed by atoms with van der Waals surface area (Å²) in [6.45, 7) is 6.93. The van der Waals surface area contributed by atoms with Crippen molar-refractivity contribution in [2.45, 2.75) is 20.8 Å². The summed E-state index contributed by atoms with van der Waals surface area (Å²) in [5.41, 5.74) is 0.694. The highest BCUT2D eigenvalue weighted by Crippen LogP contribution is 2.12. The molecule has 0 saturated heterocycles. The Balaban J connectivity index is 2.69. The third kappa shape index (κ3) is 5.60. The monoisotopic (exact) mass is 236 g/mol.